The number of nitrogens with two attached hydrogens (primary N) is 1. The van der Waals surface area contributed by atoms with E-state index in [1.54, 1.807) is 12.1 Å². The Kier molecular flexibility index (Phi) is 4.84. The first-order valence-electron chi connectivity index (χ1n) is 6.06. The van der Waals surface area contributed by atoms with E-state index in [1.165, 1.54) is 12.1 Å². The number of nitrogens with one attached hydrogen (secondary N) is 1. The van der Waals surface area contributed by atoms with Gasteiger partial charge in [0.05, 0.1) is 9.82 Å². The number of benzene rings is 1. The van der Waals surface area contributed by atoms with Crippen LogP contribution in [-0.4, -0.2) is 19.9 Å². The van der Waals surface area contributed by atoms with E-state index in [2.05, 4.69) is 21.2 Å². The van der Waals surface area contributed by atoms with Gasteiger partial charge in [0.1, 0.15) is 11.4 Å². The van der Waals surface area contributed by atoms with Gasteiger partial charge in [-0.05, 0) is 40.2 Å². The van der Waals surface area contributed by atoms with Crippen molar-refractivity contribution in [1.82, 2.24) is 0 Å². The lowest BCUT2D eigenvalue weighted by molar-refractivity contribution is -0.384. The first-order valence-corrected chi connectivity index (χ1v) is 8.40. The summed E-state index contributed by atoms with van der Waals surface area (Å²) < 4.78 is 28.4. The Morgan fingerprint density at radius 1 is 1.32 bits per heavy atom. The minimum Gasteiger partial charge on any atom is -0.454 e. The van der Waals surface area contributed by atoms with Crippen LogP contribution in [-0.2, 0) is 16.4 Å². The van der Waals surface area contributed by atoms with Crippen LogP contribution >= 0.6 is 15.9 Å². The summed E-state index contributed by atoms with van der Waals surface area (Å²) in [6.45, 7) is 0.384. The molecule has 0 fully saturated rings. The summed E-state index contributed by atoms with van der Waals surface area (Å²) in [5.41, 5.74) is -0.143. The van der Waals surface area contributed by atoms with Crippen molar-refractivity contribution in [3.05, 3.63) is 50.9 Å². The molecule has 118 valence electrons. The predicted molar refractivity (Wildman–Crippen MR) is 83.1 cm³/mol. The third-order valence-corrected chi connectivity index (χ3v) is 4.15. The summed E-state index contributed by atoms with van der Waals surface area (Å²) >= 11 is 3.18. The van der Waals surface area contributed by atoms with Gasteiger partial charge in [-0.3, -0.25) is 10.1 Å². The van der Waals surface area contributed by atoms with Gasteiger partial charge in [0.15, 0.2) is 4.67 Å². The summed E-state index contributed by atoms with van der Waals surface area (Å²) in [6.07, 6.45) is 0.514. The van der Waals surface area contributed by atoms with E-state index < -0.39 is 14.9 Å². The third-order valence-electron chi connectivity index (χ3n) is 2.81. The molecule has 22 heavy (non-hydrogen) atoms. The Morgan fingerprint density at radius 3 is 2.59 bits per heavy atom. The number of nitrogens with zero attached hydrogens (tertiary/aromatic N) is 1. The normalized spacial score (nSPS) is 11.4. The minimum absolute atomic E-state index is 0.211. The second-order valence-electron chi connectivity index (χ2n) is 4.36. The van der Waals surface area contributed by atoms with Gasteiger partial charge in [0, 0.05) is 19.0 Å². The molecule has 0 amide bonds. The van der Waals surface area contributed by atoms with E-state index in [4.69, 9.17) is 9.56 Å². The maximum absolute atomic E-state index is 11.2. The van der Waals surface area contributed by atoms with Crippen molar-refractivity contribution >= 4 is 37.3 Å². The average Bonchev–Trinajstić information content (AvgIpc) is 2.83. The molecule has 3 N–H and O–H groups in total. The van der Waals surface area contributed by atoms with Crippen molar-refractivity contribution in [3.8, 4) is 0 Å². The van der Waals surface area contributed by atoms with E-state index in [0.29, 0.717) is 23.4 Å². The highest BCUT2D eigenvalue weighted by atomic mass is 79.9. The molecule has 0 aliphatic heterocycles. The fourth-order valence-electron chi connectivity index (χ4n) is 1.80. The van der Waals surface area contributed by atoms with E-state index in [-0.39, 0.29) is 16.3 Å². The number of nitro groups is 1. The van der Waals surface area contributed by atoms with Crippen LogP contribution in [0.4, 0.5) is 11.4 Å². The molecular weight excluding hydrogens is 378 g/mol. The Hall–Kier alpha value is -1.91. The van der Waals surface area contributed by atoms with Gasteiger partial charge in [-0.1, -0.05) is 0 Å². The maximum atomic E-state index is 11.2. The lowest BCUT2D eigenvalue weighted by Gasteiger charge is -2.07. The first kappa shape index (κ1) is 16.5. The molecule has 1 heterocycles. The SMILES string of the molecule is NS(=O)(=O)c1ccc(NCCc2ccc(Br)o2)c([N+](=O)[O-])c1. The average molecular weight is 390 g/mol. The molecule has 0 atom stereocenters. The summed E-state index contributed by atoms with van der Waals surface area (Å²) in [4.78, 5) is 10.1. The van der Waals surface area contributed by atoms with Crippen LogP contribution in [0.5, 0.6) is 0 Å². The van der Waals surface area contributed by atoms with Crippen molar-refractivity contribution in [2.75, 3.05) is 11.9 Å². The van der Waals surface area contributed by atoms with E-state index in [1.807, 2.05) is 0 Å². The van der Waals surface area contributed by atoms with Crippen LogP contribution < -0.4 is 10.5 Å². The molecule has 8 nitrogen and oxygen atoms in total. The lowest BCUT2D eigenvalue weighted by Crippen LogP contribution is -2.13. The van der Waals surface area contributed by atoms with E-state index >= 15 is 0 Å². The smallest absolute Gasteiger partial charge is 0.293 e. The molecule has 0 aliphatic rings. The Balaban J connectivity index is 2.14. The maximum Gasteiger partial charge on any atom is 0.293 e. The zero-order chi connectivity index (χ0) is 16.3. The number of hydrogen-bond donors (Lipinski definition) is 2. The van der Waals surface area contributed by atoms with Crippen LogP contribution in [0.2, 0.25) is 0 Å². The molecule has 0 saturated heterocycles. The molecular formula is C12H12BrN3O5S. The van der Waals surface area contributed by atoms with Crippen molar-refractivity contribution in [2.24, 2.45) is 5.14 Å². The largest absolute Gasteiger partial charge is 0.454 e. The number of nitro benzene ring substituents is 1. The fourth-order valence-corrected chi connectivity index (χ4v) is 2.67. The summed E-state index contributed by atoms with van der Waals surface area (Å²) in [5.74, 6) is 0.711. The van der Waals surface area contributed by atoms with Gasteiger partial charge in [-0.15, -0.1) is 0 Å². The van der Waals surface area contributed by atoms with E-state index in [0.717, 1.165) is 6.07 Å². The first-order chi connectivity index (χ1) is 10.3. The van der Waals surface area contributed by atoms with Gasteiger partial charge in [-0.25, -0.2) is 13.6 Å². The highest BCUT2D eigenvalue weighted by Gasteiger charge is 2.18. The molecule has 0 spiro atoms. The van der Waals surface area contributed by atoms with Crippen molar-refractivity contribution in [3.63, 3.8) is 0 Å². The summed E-state index contributed by atoms with van der Waals surface area (Å²) in [6, 6.07) is 6.99. The molecule has 1 aromatic heterocycles. The number of furan rings is 1. The minimum atomic E-state index is -3.99. The molecule has 1 aromatic carbocycles. The second-order valence-corrected chi connectivity index (χ2v) is 6.71. The zero-order valence-corrected chi connectivity index (χ0v) is 13.6. The third kappa shape index (κ3) is 4.06. The quantitative estimate of drug-likeness (QED) is 0.575. The Morgan fingerprint density at radius 2 is 2.05 bits per heavy atom. The molecule has 0 unspecified atom stereocenters. The van der Waals surface area contributed by atoms with Crippen LogP contribution in [0.25, 0.3) is 0 Å². The summed E-state index contributed by atoms with van der Waals surface area (Å²) in [5, 5.41) is 18.9. The van der Waals surface area contributed by atoms with Gasteiger partial charge < -0.3 is 9.73 Å². The number of hydrogen-bond acceptors (Lipinski definition) is 6. The van der Waals surface area contributed by atoms with E-state index in [9.17, 15) is 18.5 Å². The monoisotopic (exact) mass is 389 g/mol. The topological polar surface area (TPSA) is 128 Å². The Bertz CT molecular complexity index is 803. The zero-order valence-electron chi connectivity index (χ0n) is 11.2. The van der Waals surface area contributed by atoms with Crippen LogP contribution in [0.15, 0.2) is 44.3 Å². The number of rotatable bonds is 6. The highest BCUT2D eigenvalue weighted by Crippen LogP contribution is 2.27. The number of primary sulfonamides is 1. The van der Waals surface area contributed by atoms with Gasteiger partial charge in [0.25, 0.3) is 5.69 Å². The van der Waals surface area contributed by atoms with Crippen LogP contribution in [0.1, 0.15) is 5.76 Å². The Labute approximate surface area is 134 Å². The molecule has 2 rings (SSSR count). The highest BCUT2D eigenvalue weighted by molar-refractivity contribution is 9.10. The lowest BCUT2D eigenvalue weighted by atomic mass is 10.2. The molecule has 0 bridgehead atoms. The molecule has 0 radical (unpaired) electrons. The van der Waals surface area contributed by atoms with Crippen molar-refractivity contribution < 1.29 is 17.8 Å². The predicted octanol–water partition coefficient (Wildman–Crippen LogP) is 2.25. The number of anilines is 1. The van der Waals surface area contributed by atoms with Gasteiger partial charge in [-0.2, -0.15) is 0 Å². The molecule has 10 heteroatoms. The number of sulfonamides is 1. The number of halogens is 1. The van der Waals surface area contributed by atoms with Crippen molar-refractivity contribution in [1.29, 1.82) is 0 Å². The molecule has 0 aliphatic carbocycles. The molecule has 2 aromatic rings. The second kappa shape index (κ2) is 6.46. The van der Waals surface area contributed by atoms with Crippen molar-refractivity contribution in [2.45, 2.75) is 11.3 Å². The summed E-state index contributed by atoms with van der Waals surface area (Å²) in [7, 11) is -3.99. The fraction of sp³-hybridized carbons (Fsp3) is 0.167. The van der Waals surface area contributed by atoms with Crippen LogP contribution in [0, 0.1) is 10.1 Å². The molecule has 0 saturated carbocycles. The van der Waals surface area contributed by atoms with Gasteiger partial charge in [0.2, 0.25) is 10.0 Å². The van der Waals surface area contributed by atoms with Gasteiger partial charge >= 0.3 is 0 Å². The standard InChI is InChI=1S/C12H12BrN3O5S/c13-12-4-1-8(21-12)5-6-15-10-3-2-9(22(14,19)20)7-11(10)16(17)18/h1-4,7,15H,5-6H2,(H2,14,19,20). The van der Waals surface area contributed by atoms with Crippen LogP contribution in [0.3, 0.4) is 0 Å².